The molecule has 0 amide bonds. The third-order valence-electron chi connectivity index (χ3n) is 2.63. The summed E-state index contributed by atoms with van der Waals surface area (Å²) in [5, 5.41) is 0. The van der Waals surface area contributed by atoms with Crippen LogP contribution in [0.5, 0.6) is 11.8 Å². The third-order valence-corrected chi connectivity index (χ3v) is 2.63. The van der Waals surface area contributed by atoms with Crippen LogP contribution in [0.2, 0.25) is 0 Å². The van der Waals surface area contributed by atoms with Crippen LogP contribution in [0.15, 0.2) is 6.33 Å². The number of ketones is 1. The molecule has 0 spiro atoms. The highest BCUT2D eigenvalue weighted by Crippen LogP contribution is 2.36. The number of aromatic nitrogens is 2. The summed E-state index contributed by atoms with van der Waals surface area (Å²) < 4.78 is 15.9. The first-order valence-corrected chi connectivity index (χ1v) is 5.32. The minimum Gasteiger partial charge on any atom is -0.481 e. The van der Waals surface area contributed by atoms with Gasteiger partial charge < -0.3 is 14.2 Å². The second-order valence-corrected chi connectivity index (χ2v) is 3.66. The first-order chi connectivity index (χ1) is 8.26. The smallest absolute Gasteiger partial charge is 0.225 e. The molecule has 0 aromatic carbocycles. The fourth-order valence-corrected chi connectivity index (χ4v) is 1.83. The molecule has 0 N–H and O–H groups in total. The van der Waals surface area contributed by atoms with Gasteiger partial charge in [-0.25, -0.2) is 9.97 Å². The van der Waals surface area contributed by atoms with Crippen molar-refractivity contribution in [2.24, 2.45) is 0 Å². The van der Waals surface area contributed by atoms with Gasteiger partial charge in [0.2, 0.25) is 11.8 Å². The van der Waals surface area contributed by atoms with E-state index in [1.165, 1.54) is 20.5 Å². The molecular formula is C11H14N2O4. The number of nitrogens with zero attached hydrogens (tertiary/aromatic N) is 2. The fourth-order valence-electron chi connectivity index (χ4n) is 1.83. The Morgan fingerprint density at radius 2 is 1.94 bits per heavy atom. The Morgan fingerprint density at radius 3 is 2.47 bits per heavy atom. The molecule has 0 aliphatic carbocycles. The van der Waals surface area contributed by atoms with Crippen molar-refractivity contribution in [3.8, 4) is 11.8 Å². The van der Waals surface area contributed by atoms with Gasteiger partial charge in [-0.05, 0) is 0 Å². The van der Waals surface area contributed by atoms with Gasteiger partial charge in [0, 0.05) is 12.8 Å². The van der Waals surface area contributed by atoms with E-state index in [9.17, 15) is 4.79 Å². The van der Waals surface area contributed by atoms with Gasteiger partial charge >= 0.3 is 0 Å². The van der Waals surface area contributed by atoms with Crippen LogP contribution in [0.1, 0.15) is 24.5 Å². The number of hydrogen-bond donors (Lipinski definition) is 0. The van der Waals surface area contributed by atoms with Crippen molar-refractivity contribution in [3.63, 3.8) is 0 Å². The van der Waals surface area contributed by atoms with E-state index >= 15 is 0 Å². The number of rotatable bonds is 3. The van der Waals surface area contributed by atoms with Crippen molar-refractivity contribution in [2.75, 3.05) is 20.8 Å². The van der Waals surface area contributed by atoms with Crippen LogP contribution in [0.3, 0.4) is 0 Å². The molecule has 1 aromatic heterocycles. The van der Waals surface area contributed by atoms with Crippen molar-refractivity contribution in [3.05, 3.63) is 11.9 Å². The molecule has 0 radical (unpaired) electrons. The molecule has 1 atom stereocenters. The SMILES string of the molecule is COc1ncnc(OC)c1C1CC(=O)CCO1. The Bertz CT molecular complexity index is 400. The van der Waals surface area contributed by atoms with Crippen LogP contribution in [0.4, 0.5) is 0 Å². The van der Waals surface area contributed by atoms with Crippen molar-refractivity contribution in [1.29, 1.82) is 0 Å². The van der Waals surface area contributed by atoms with Gasteiger partial charge in [0.1, 0.15) is 23.8 Å². The average Bonchev–Trinajstić information content (AvgIpc) is 2.37. The normalized spacial score (nSPS) is 20.1. The van der Waals surface area contributed by atoms with E-state index in [2.05, 4.69) is 9.97 Å². The second kappa shape index (κ2) is 5.09. The lowest BCUT2D eigenvalue weighted by Crippen LogP contribution is -2.21. The summed E-state index contributed by atoms with van der Waals surface area (Å²) in [5.41, 5.74) is 0.602. The van der Waals surface area contributed by atoms with E-state index < -0.39 is 0 Å². The standard InChI is InChI=1S/C11H14N2O4/c1-15-10-9(11(16-2)13-6-12-10)8-5-7(14)3-4-17-8/h6,8H,3-5H2,1-2H3. The molecule has 2 rings (SSSR count). The Hall–Kier alpha value is -1.69. The van der Waals surface area contributed by atoms with Gasteiger partial charge in [-0.1, -0.05) is 0 Å². The predicted octanol–water partition coefficient (Wildman–Crippen LogP) is 0.914. The molecule has 0 saturated carbocycles. The molecule has 1 aliphatic heterocycles. The Labute approximate surface area is 98.9 Å². The molecule has 17 heavy (non-hydrogen) atoms. The van der Waals surface area contributed by atoms with Crippen molar-refractivity contribution in [1.82, 2.24) is 9.97 Å². The van der Waals surface area contributed by atoms with E-state index in [1.807, 2.05) is 0 Å². The first kappa shape index (κ1) is 11.8. The highest BCUT2D eigenvalue weighted by molar-refractivity contribution is 5.80. The number of ether oxygens (including phenoxy) is 3. The molecule has 92 valence electrons. The average molecular weight is 238 g/mol. The maximum atomic E-state index is 11.4. The van der Waals surface area contributed by atoms with Crippen LogP contribution in [0.25, 0.3) is 0 Å². The number of hydrogen-bond acceptors (Lipinski definition) is 6. The summed E-state index contributed by atoms with van der Waals surface area (Å²) in [6.07, 6.45) is 1.73. The van der Waals surface area contributed by atoms with E-state index in [-0.39, 0.29) is 11.9 Å². The van der Waals surface area contributed by atoms with E-state index in [4.69, 9.17) is 14.2 Å². The maximum Gasteiger partial charge on any atom is 0.225 e. The Balaban J connectivity index is 2.37. The highest BCUT2D eigenvalue weighted by atomic mass is 16.5. The zero-order chi connectivity index (χ0) is 12.3. The quantitative estimate of drug-likeness (QED) is 0.779. The summed E-state index contributed by atoms with van der Waals surface area (Å²) in [6, 6.07) is 0. The molecule has 6 heteroatoms. The molecule has 1 aromatic rings. The Morgan fingerprint density at radius 1 is 1.29 bits per heavy atom. The van der Waals surface area contributed by atoms with E-state index in [1.54, 1.807) is 0 Å². The summed E-state index contributed by atoms with van der Waals surface area (Å²) in [7, 11) is 3.02. The van der Waals surface area contributed by atoms with Crippen LogP contribution >= 0.6 is 0 Å². The predicted molar refractivity (Wildman–Crippen MR) is 58.1 cm³/mol. The summed E-state index contributed by atoms with van der Waals surface area (Å²) in [6.45, 7) is 0.407. The largest absolute Gasteiger partial charge is 0.481 e. The van der Waals surface area contributed by atoms with E-state index in [0.29, 0.717) is 36.8 Å². The van der Waals surface area contributed by atoms with Crippen LogP contribution in [-0.2, 0) is 9.53 Å². The fraction of sp³-hybridized carbons (Fsp3) is 0.545. The molecule has 1 aliphatic rings. The van der Waals surface area contributed by atoms with Crippen molar-refractivity contribution >= 4 is 5.78 Å². The van der Waals surface area contributed by atoms with Crippen LogP contribution in [0, 0.1) is 0 Å². The zero-order valence-corrected chi connectivity index (χ0v) is 9.80. The lowest BCUT2D eigenvalue weighted by molar-refractivity contribution is -0.128. The minimum absolute atomic E-state index is 0.161. The van der Waals surface area contributed by atoms with Gasteiger partial charge in [0.15, 0.2) is 0 Å². The minimum atomic E-state index is -0.387. The number of methoxy groups -OCH3 is 2. The lowest BCUT2D eigenvalue weighted by atomic mass is 10.0. The maximum absolute atomic E-state index is 11.4. The van der Waals surface area contributed by atoms with Gasteiger partial charge in [0.05, 0.1) is 20.8 Å². The molecule has 0 bridgehead atoms. The number of carbonyl (C=O) groups is 1. The summed E-state index contributed by atoms with van der Waals surface area (Å²) >= 11 is 0. The summed E-state index contributed by atoms with van der Waals surface area (Å²) in [4.78, 5) is 19.4. The highest BCUT2D eigenvalue weighted by Gasteiger charge is 2.29. The lowest BCUT2D eigenvalue weighted by Gasteiger charge is -2.23. The van der Waals surface area contributed by atoms with Gasteiger partial charge in [-0.15, -0.1) is 0 Å². The van der Waals surface area contributed by atoms with Gasteiger partial charge in [-0.3, -0.25) is 4.79 Å². The molecule has 2 heterocycles. The van der Waals surface area contributed by atoms with Crippen molar-refractivity contribution in [2.45, 2.75) is 18.9 Å². The van der Waals surface area contributed by atoms with E-state index in [0.717, 1.165) is 0 Å². The number of Topliss-reactive ketones (excluding diaryl/α,β-unsaturated/α-hetero) is 1. The molecule has 1 fully saturated rings. The topological polar surface area (TPSA) is 70.5 Å². The molecule has 6 nitrogen and oxygen atoms in total. The van der Waals surface area contributed by atoms with Crippen LogP contribution < -0.4 is 9.47 Å². The molecular weight excluding hydrogens is 224 g/mol. The second-order valence-electron chi connectivity index (χ2n) is 3.66. The molecule has 1 saturated heterocycles. The molecule has 1 unspecified atom stereocenters. The van der Waals surface area contributed by atoms with Gasteiger partial charge in [-0.2, -0.15) is 0 Å². The number of carbonyl (C=O) groups excluding carboxylic acids is 1. The zero-order valence-electron chi connectivity index (χ0n) is 9.80. The van der Waals surface area contributed by atoms with Crippen molar-refractivity contribution < 1.29 is 19.0 Å². The Kier molecular flexibility index (Phi) is 3.53. The van der Waals surface area contributed by atoms with Crippen LogP contribution in [-0.4, -0.2) is 36.6 Å². The monoisotopic (exact) mass is 238 g/mol. The third kappa shape index (κ3) is 2.36. The van der Waals surface area contributed by atoms with Gasteiger partial charge in [0.25, 0.3) is 0 Å². The first-order valence-electron chi connectivity index (χ1n) is 5.32. The summed E-state index contributed by atoms with van der Waals surface area (Å²) in [5.74, 6) is 0.933.